The van der Waals surface area contributed by atoms with Crippen molar-refractivity contribution in [1.82, 2.24) is 0 Å². The molecule has 0 aliphatic carbocycles. The Morgan fingerprint density at radius 1 is 1.20 bits per heavy atom. The highest BCUT2D eigenvalue weighted by Crippen LogP contribution is 2.34. The number of rotatable bonds is 4. The van der Waals surface area contributed by atoms with Crippen molar-refractivity contribution in [3.8, 4) is 5.75 Å². The highest BCUT2D eigenvalue weighted by atomic mass is 79.9. The third-order valence-electron chi connectivity index (χ3n) is 2.58. The molecule has 0 aliphatic rings. The Bertz CT molecular complexity index is 664. The zero-order valence-electron chi connectivity index (χ0n) is 10.2. The standard InChI is InChI=1S/C14H10BrCl2NOS/c15-10-5-12(17)13(6-11(10)16)19-7-8-2-1-3-9(4-8)14(18)20/h1-6H,7H2,(H2,18,20). The van der Waals surface area contributed by atoms with Crippen molar-refractivity contribution in [2.75, 3.05) is 0 Å². The third kappa shape index (κ3) is 3.85. The topological polar surface area (TPSA) is 35.2 Å². The molecule has 0 unspecified atom stereocenters. The van der Waals surface area contributed by atoms with Gasteiger partial charge in [0.2, 0.25) is 0 Å². The summed E-state index contributed by atoms with van der Waals surface area (Å²) in [7, 11) is 0. The Kier molecular flexibility index (Phi) is 5.27. The van der Waals surface area contributed by atoms with Crippen molar-refractivity contribution in [3.63, 3.8) is 0 Å². The summed E-state index contributed by atoms with van der Waals surface area (Å²) in [6, 6.07) is 10.9. The van der Waals surface area contributed by atoms with E-state index in [2.05, 4.69) is 15.9 Å². The first-order valence-electron chi connectivity index (χ1n) is 5.63. The van der Waals surface area contributed by atoms with Crippen molar-refractivity contribution >= 4 is 56.3 Å². The van der Waals surface area contributed by atoms with Gasteiger partial charge in [-0.3, -0.25) is 0 Å². The molecule has 6 heteroatoms. The Morgan fingerprint density at radius 2 is 1.95 bits per heavy atom. The minimum Gasteiger partial charge on any atom is -0.487 e. The average Bonchev–Trinajstić information content (AvgIpc) is 2.41. The first-order valence-corrected chi connectivity index (χ1v) is 7.59. The van der Waals surface area contributed by atoms with Crippen LogP contribution in [0.4, 0.5) is 0 Å². The molecule has 2 N–H and O–H groups in total. The lowest BCUT2D eigenvalue weighted by molar-refractivity contribution is 0.306. The third-order valence-corrected chi connectivity index (χ3v) is 4.31. The van der Waals surface area contributed by atoms with E-state index in [1.54, 1.807) is 12.1 Å². The fraction of sp³-hybridized carbons (Fsp3) is 0.0714. The number of thiocarbonyl (C=S) groups is 1. The van der Waals surface area contributed by atoms with Crippen LogP contribution in [-0.2, 0) is 6.61 Å². The molecular weight excluding hydrogens is 381 g/mol. The Morgan fingerprint density at radius 3 is 2.65 bits per heavy atom. The van der Waals surface area contributed by atoms with Gasteiger partial charge in [0.05, 0.1) is 10.0 Å². The van der Waals surface area contributed by atoms with Crippen LogP contribution in [-0.4, -0.2) is 4.99 Å². The van der Waals surface area contributed by atoms with Gasteiger partial charge in [0, 0.05) is 16.1 Å². The quantitative estimate of drug-likeness (QED) is 0.591. The van der Waals surface area contributed by atoms with Crippen LogP contribution in [0.5, 0.6) is 5.75 Å². The van der Waals surface area contributed by atoms with Gasteiger partial charge in [-0.2, -0.15) is 0 Å². The minimum atomic E-state index is 0.355. The molecule has 0 heterocycles. The maximum absolute atomic E-state index is 6.10. The molecule has 0 amide bonds. The second kappa shape index (κ2) is 6.76. The smallest absolute Gasteiger partial charge is 0.139 e. The van der Waals surface area contributed by atoms with Gasteiger partial charge in [-0.25, -0.2) is 0 Å². The summed E-state index contributed by atoms with van der Waals surface area (Å²) in [4.78, 5) is 0.358. The van der Waals surface area contributed by atoms with Crippen LogP contribution < -0.4 is 10.5 Å². The summed E-state index contributed by atoms with van der Waals surface area (Å²) in [5.41, 5.74) is 7.35. The summed E-state index contributed by atoms with van der Waals surface area (Å²) < 4.78 is 6.40. The zero-order chi connectivity index (χ0) is 14.7. The molecule has 2 aromatic rings. The molecule has 0 aromatic heterocycles. The van der Waals surface area contributed by atoms with Gasteiger partial charge >= 0.3 is 0 Å². The molecule has 0 saturated carbocycles. The van der Waals surface area contributed by atoms with Crippen LogP contribution in [0.1, 0.15) is 11.1 Å². The van der Waals surface area contributed by atoms with Gasteiger partial charge in [0.1, 0.15) is 17.3 Å². The van der Waals surface area contributed by atoms with Crippen LogP contribution in [0.3, 0.4) is 0 Å². The summed E-state index contributed by atoms with van der Waals surface area (Å²) in [5.74, 6) is 0.528. The summed E-state index contributed by atoms with van der Waals surface area (Å²) in [6.07, 6.45) is 0. The second-order valence-electron chi connectivity index (χ2n) is 4.05. The van der Waals surface area contributed by atoms with E-state index in [1.807, 2.05) is 24.3 Å². The lowest BCUT2D eigenvalue weighted by Crippen LogP contribution is -2.09. The monoisotopic (exact) mass is 389 g/mol. The maximum atomic E-state index is 6.10. The fourth-order valence-corrected chi connectivity index (χ4v) is 2.56. The van der Waals surface area contributed by atoms with Gasteiger partial charge in [0.15, 0.2) is 0 Å². The zero-order valence-corrected chi connectivity index (χ0v) is 14.1. The van der Waals surface area contributed by atoms with Crippen molar-refractivity contribution in [3.05, 3.63) is 62.0 Å². The summed E-state index contributed by atoms with van der Waals surface area (Å²) in [6.45, 7) is 0.355. The van der Waals surface area contributed by atoms with Crippen LogP contribution in [0.15, 0.2) is 40.9 Å². The van der Waals surface area contributed by atoms with Crippen molar-refractivity contribution in [1.29, 1.82) is 0 Å². The number of benzene rings is 2. The Balaban J connectivity index is 2.15. The van der Waals surface area contributed by atoms with Crippen LogP contribution >= 0.6 is 51.3 Å². The van der Waals surface area contributed by atoms with Gasteiger partial charge < -0.3 is 10.5 Å². The van der Waals surface area contributed by atoms with Crippen LogP contribution in [0, 0.1) is 0 Å². The number of nitrogens with two attached hydrogens (primary N) is 1. The molecule has 2 rings (SSSR count). The summed E-state index contributed by atoms with van der Waals surface area (Å²) >= 11 is 20.4. The van der Waals surface area contributed by atoms with E-state index < -0.39 is 0 Å². The molecule has 0 atom stereocenters. The predicted molar refractivity (Wildman–Crippen MR) is 90.8 cm³/mol. The van der Waals surface area contributed by atoms with E-state index in [1.165, 1.54) is 0 Å². The largest absolute Gasteiger partial charge is 0.487 e. The molecule has 0 saturated heterocycles. The van der Waals surface area contributed by atoms with E-state index in [9.17, 15) is 0 Å². The molecule has 2 aromatic carbocycles. The van der Waals surface area contributed by atoms with E-state index in [4.69, 9.17) is 45.9 Å². The predicted octanol–water partition coefficient (Wildman–Crippen LogP) is 4.97. The van der Waals surface area contributed by atoms with Gasteiger partial charge in [-0.15, -0.1) is 0 Å². The second-order valence-corrected chi connectivity index (χ2v) is 6.16. The molecule has 20 heavy (non-hydrogen) atoms. The highest BCUT2D eigenvalue weighted by molar-refractivity contribution is 9.10. The lowest BCUT2D eigenvalue weighted by atomic mass is 10.1. The summed E-state index contributed by atoms with van der Waals surface area (Å²) in [5, 5.41) is 1.04. The molecular formula is C14H10BrCl2NOS. The number of hydrogen-bond donors (Lipinski definition) is 1. The first kappa shape index (κ1) is 15.6. The minimum absolute atomic E-state index is 0.355. The SMILES string of the molecule is NC(=S)c1cccc(COc2cc(Cl)c(Br)cc2Cl)c1. The number of hydrogen-bond acceptors (Lipinski definition) is 2. The van der Waals surface area contributed by atoms with Crippen molar-refractivity contribution in [2.45, 2.75) is 6.61 Å². The van der Waals surface area contributed by atoms with E-state index in [-0.39, 0.29) is 0 Å². The number of halogens is 3. The highest BCUT2D eigenvalue weighted by Gasteiger charge is 2.07. The normalized spacial score (nSPS) is 10.3. The molecule has 0 spiro atoms. The first-order chi connectivity index (χ1) is 9.47. The molecule has 0 aliphatic heterocycles. The van der Waals surface area contributed by atoms with E-state index in [0.717, 1.165) is 15.6 Å². The van der Waals surface area contributed by atoms with Crippen molar-refractivity contribution < 1.29 is 4.74 Å². The van der Waals surface area contributed by atoms with E-state index >= 15 is 0 Å². The van der Waals surface area contributed by atoms with Gasteiger partial charge in [-0.1, -0.05) is 53.6 Å². The lowest BCUT2D eigenvalue weighted by Gasteiger charge is -2.10. The van der Waals surface area contributed by atoms with Gasteiger partial charge in [0.25, 0.3) is 0 Å². The van der Waals surface area contributed by atoms with Crippen LogP contribution in [0.2, 0.25) is 10.0 Å². The Labute approximate surface area is 141 Å². The fourth-order valence-electron chi connectivity index (χ4n) is 1.59. The molecule has 0 fully saturated rings. The Hall–Kier alpha value is -0.810. The molecule has 2 nitrogen and oxygen atoms in total. The molecule has 104 valence electrons. The average molecular weight is 391 g/mol. The maximum Gasteiger partial charge on any atom is 0.139 e. The van der Waals surface area contributed by atoms with Crippen molar-refractivity contribution in [2.24, 2.45) is 5.73 Å². The molecule has 0 bridgehead atoms. The van der Waals surface area contributed by atoms with Crippen LogP contribution in [0.25, 0.3) is 0 Å². The number of ether oxygens (including phenoxy) is 1. The molecule has 0 radical (unpaired) electrons. The van der Waals surface area contributed by atoms with Gasteiger partial charge in [-0.05, 0) is 33.6 Å². The van der Waals surface area contributed by atoms with E-state index in [0.29, 0.717) is 27.4 Å².